The summed E-state index contributed by atoms with van der Waals surface area (Å²) in [6.07, 6.45) is 11.5. The van der Waals surface area contributed by atoms with Gasteiger partial charge in [0.1, 0.15) is 0 Å². The van der Waals surface area contributed by atoms with E-state index in [1.165, 1.54) is 89.2 Å². The predicted octanol–water partition coefficient (Wildman–Crippen LogP) is 4.53. The van der Waals surface area contributed by atoms with E-state index < -0.39 is 11.9 Å². The van der Waals surface area contributed by atoms with Crippen LogP contribution in [0.25, 0.3) is 0 Å². The quantitative estimate of drug-likeness (QED) is 0.674. The first kappa shape index (κ1) is 21.2. The lowest BCUT2D eigenvalue weighted by atomic mass is 10.1. The Morgan fingerprint density at radius 1 is 0.920 bits per heavy atom. The Morgan fingerprint density at radius 2 is 1.48 bits per heavy atom. The van der Waals surface area contributed by atoms with Crippen molar-refractivity contribution in [1.82, 2.24) is 4.90 Å². The van der Waals surface area contributed by atoms with Crippen LogP contribution in [0.4, 0.5) is 0 Å². The summed E-state index contributed by atoms with van der Waals surface area (Å²) in [6.45, 7) is 6.38. The van der Waals surface area contributed by atoms with E-state index >= 15 is 0 Å². The van der Waals surface area contributed by atoms with Gasteiger partial charge in [-0.1, -0.05) is 45.1 Å². The number of carbonyl (C=O) groups is 2. The molecule has 0 atom stereocenters. The largest absolute Gasteiger partial charge is 0.478 e. The number of rotatable bonds is 8. The highest BCUT2D eigenvalue weighted by Crippen LogP contribution is 2.10. The predicted molar refractivity (Wildman–Crippen MR) is 99.4 cm³/mol. The number of nitrogens with zero attached hydrogens (tertiary/aromatic N) is 1. The van der Waals surface area contributed by atoms with Gasteiger partial charge in [-0.3, -0.25) is 0 Å². The van der Waals surface area contributed by atoms with Crippen molar-refractivity contribution in [3.05, 3.63) is 35.4 Å². The Hall–Kier alpha value is -1.88. The lowest BCUT2D eigenvalue weighted by Gasteiger charge is -2.26. The van der Waals surface area contributed by atoms with Crippen molar-refractivity contribution < 1.29 is 19.8 Å². The molecule has 25 heavy (non-hydrogen) atoms. The van der Waals surface area contributed by atoms with E-state index in [1.807, 2.05) is 0 Å². The molecule has 0 radical (unpaired) electrons. The molecule has 140 valence electrons. The highest BCUT2D eigenvalue weighted by molar-refractivity contribution is 5.93. The molecule has 0 saturated carbocycles. The number of likely N-dealkylation sites (tertiary alicyclic amines) is 1. The summed E-state index contributed by atoms with van der Waals surface area (Å²) in [7, 11) is 0. The van der Waals surface area contributed by atoms with E-state index in [-0.39, 0.29) is 11.1 Å². The van der Waals surface area contributed by atoms with Gasteiger partial charge in [0.25, 0.3) is 0 Å². The number of unbranched alkanes of at least 4 members (excludes halogenated alkanes) is 4. The van der Waals surface area contributed by atoms with Crippen molar-refractivity contribution in [1.29, 1.82) is 0 Å². The minimum absolute atomic E-state index is 0.0186. The van der Waals surface area contributed by atoms with E-state index in [2.05, 4.69) is 11.8 Å². The molecule has 5 nitrogen and oxygen atoms in total. The van der Waals surface area contributed by atoms with Gasteiger partial charge in [0.05, 0.1) is 11.1 Å². The molecule has 1 heterocycles. The van der Waals surface area contributed by atoms with Crippen LogP contribution in [-0.4, -0.2) is 46.7 Å². The molecule has 1 aromatic rings. The second kappa shape index (κ2) is 12.5. The zero-order valence-electron chi connectivity index (χ0n) is 15.2. The minimum Gasteiger partial charge on any atom is -0.478 e. The highest BCUT2D eigenvalue weighted by Gasteiger charge is 2.08. The molecule has 0 bridgehead atoms. The van der Waals surface area contributed by atoms with Gasteiger partial charge in [-0.25, -0.2) is 9.59 Å². The fourth-order valence-corrected chi connectivity index (χ4v) is 2.91. The molecule has 1 aromatic carbocycles. The maximum atomic E-state index is 10.4. The first-order valence-electron chi connectivity index (χ1n) is 9.33. The second-order valence-corrected chi connectivity index (χ2v) is 6.51. The maximum Gasteiger partial charge on any atom is 0.335 e. The average molecular weight is 349 g/mol. The molecule has 1 fully saturated rings. The van der Waals surface area contributed by atoms with Gasteiger partial charge in [0, 0.05) is 0 Å². The molecule has 0 amide bonds. The Bertz CT molecular complexity index is 495. The molecule has 1 aliphatic heterocycles. The van der Waals surface area contributed by atoms with Crippen LogP contribution >= 0.6 is 0 Å². The van der Waals surface area contributed by atoms with Crippen LogP contribution in [-0.2, 0) is 0 Å². The molecule has 0 unspecified atom stereocenters. The molecule has 1 aliphatic rings. The Balaban J connectivity index is 0.000000251. The standard InChI is InChI=1S/C12H25N.C8H6O4/c1-2-3-4-5-7-10-13-11-8-6-9-12-13;9-7(10)5-2-1-3-6(4-5)8(11)12/h2-12H2,1H3;1-4H,(H,9,10)(H,11,12). The summed E-state index contributed by atoms with van der Waals surface area (Å²) in [5, 5.41) is 17.0. The summed E-state index contributed by atoms with van der Waals surface area (Å²) in [5.41, 5.74) is -0.0372. The third kappa shape index (κ3) is 9.25. The molecule has 2 N–H and O–H groups in total. The number of benzene rings is 1. The summed E-state index contributed by atoms with van der Waals surface area (Å²) in [4.78, 5) is 23.4. The third-order valence-electron chi connectivity index (χ3n) is 4.38. The van der Waals surface area contributed by atoms with Crippen LogP contribution in [0.3, 0.4) is 0 Å². The smallest absolute Gasteiger partial charge is 0.335 e. The number of piperidine rings is 1. The van der Waals surface area contributed by atoms with Gasteiger partial charge in [-0.05, 0) is 57.1 Å². The molecule has 2 rings (SSSR count). The van der Waals surface area contributed by atoms with Crippen LogP contribution in [0.2, 0.25) is 0 Å². The summed E-state index contributed by atoms with van der Waals surface area (Å²) in [6, 6.07) is 5.20. The second-order valence-electron chi connectivity index (χ2n) is 6.51. The molecule has 0 aliphatic carbocycles. The van der Waals surface area contributed by atoms with Crippen molar-refractivity contribution in [2.75, 3.05) is 19.6 Å². The fraction of sp³-hybridized carbons (Fsp3) is 0.600. The number of hydrogen-bond donors (Lipinski definition) is 2. The monoisotopic (exact) mass is 349 g/mol. The zero-order chi connectivity index (χ0) is 18.5. The van der Waals surface area contributed by atoms with E-state index in [0.717, 1.165) is 6.07 Å². The molecular formula is C20H31NO4. The molecule has 0 spiro atoms. The summed E-state index contributed by atoms with van der Waals surface area (Å²) in [5.74, 6) is -2.25. The average Bonchev–Trinajstić information content (AvgIpc) is 2.63. The van der Waals surface area contributed by atoms with Crippen molar-refractivity contribution in [3.63, 3.8) is 0 Å². The Kier molecular flexibility index (Phi) is 10.6. The molecular weight excluding hydrogens is 318 g/mol. The van der Waals surface area contributed by atoms with Gasteiger partial charge in [-0.15, -0.1) is 0 Å². The fourth-order valence-electron chi connectivity index (χ4n) is 2.91. The van der Waals surface area contributed by atoms with Gasteiger partial charge in [0.15, 0.2) is 0 Å². The Morgan fingerprint density at radius 3 is 2.00 bits per heavy atom. The summed E-state index contributed by atoms with van der Waals surface area (Å²) >= 11 is 0. The van der Waals surface area contributed by atoms with Gasteiger partial charge in [0.2, 0.25) is 0 Å². The molecule has 1 saturated heterocycles. The zero-order valence-corrected chi connectivity index (χ0v) is 15.2. The van der Waals surface area contributed by atoms with Crippen LogP contribution in [0.15, 0.2) is 24.3 Å². The van der Waals surface area contributed by atoms with E-state index in [1.54, 1.807) is 0 Å². The van der Waals surface area contributed by atoms with Gasteiger partial charge >= 0.3 is 11.9 Å². The molecule has 5 heteroatoms. The normalized spacial score (nSPS) is 14.4. The maximum absolute atomic E-state index is 10.4. The van der Waals surface area contributed by atoms with E-state index in [4.69, 9.17) is 10.2 Å². The van der Waals surface area contributed by atoms with Crippen molar-refractivity contribution in [3.8, 4) is 0 Å². The van der Waals surface area contributed by atoms with E-state index in [0.29, 0.717) is 0 Å². The third-order valence-corrected chi connectivity index (χ3v) is 4.38. The van der Waals surface area contributed by atoms with Crippen LogP contribution in [0, 0.1) is 0 Å². The number of carboxylic acid groups (broad SMARTS) is 2. The minimum atomic E-state index is -1.13. The first-order valence-corrected chi connectivity index (χ1v) is 9.33. The number of hydrogen-bond acceptors (Lipinski definition) is 3. The number of carboxylic acids is 2. The van der Waals surface area contributed by atoms with Crippen LogP contribution in [0.5, 0.6) is 0 Å². The first-order chi connectivity index (χ1) is 12.0. The molecule has 0 aromatic heterocycles. The van der Waals surface area contributed by atoms with Gasteiger partial charge < -0.3 is 15.1 Å². The van der Waals surface area contributed by atoms with Gasteiger partial charge in [-0.2, -0.15) is 0 Å². The van der Waals surface area contributed by atoms with Crippen LogP contribution < -0.4 is 0 Å². The van der Waals surface area contributed by atoms with Crippen LogP contribution in [0.1, 0.15) is 79.0 Å². The lowest BCUT2D eigenvalue weighted by molar-refractivity contribution is 0.0696. The number of aromatic carboxylic acids is 2. The van der Waals surface area contributed by atoms with Crippen molar-refractivity contribution >= 4 is 11.9 Å². The Labute approximate surface area is 150 Å². The highest BCUT2D eigenvalue weighted by atomic mass is 16.4. The van der Waals surface area contributed by atoms with Crippen molar-refractivity contribution in [2.45, 2.75) is 58.3 Å². The topological polar surface area (TPSA) is 77.8 Å². The summed E-state index contributed by atoms with van der Waals surface area (Å²) < 4.78 is 0. The SMILES string of the molecule is CCCCCCCN1CCCCC1.O=C(O)c1cccc(C(=O)O)c1. The van der Waals surface area contributed by atoms with Crippen molar-refractivity contribution in [2.24, 2.45) is 0 Å². The lowest BCUT2D eigenvalue weighted by Crippen LogP contribution is -2.30. The van der Waals surface area contributed by atoms with E-state index in [9.17, 15) is 9.59 Å².